The predicted octanol–water partition coefficient (Wildman–Crippen LogP) is 3.59. The molecular formula is C29H51NaO5S. The molecule has 3 saturated carbocycles. The van der Waals surface area contributed by atoms with E-state index in [2.05, 4.69) is 40.7 Å². The second-order valence-electron chi connectivity index (χ2n) is 13.0. The molecule has 0 aromatic carbocycles. The van der Waals surface area contributed by atoms with Gasteiger partial charge >= 0.3 is 40.0 Å². The fourth-order valence-corrected chi connectivity index (χ4v) is 9.41. The van der Waals surface area contributed by atoms with E-state index in [1.165, 1.54) is 50.5 Å². The standard InChI is InChI=1S/C27H46O4S.C2H5O.Na/c1-18(2)7-6-8-19(3)23-11-12-24-22-10-9-20-17-21(31-32(28,29)30)13-15-26(20,4)25(22)14-16-27(23,24)5;1-2-3;/h9,18-19,21-25H,6-8,10-17H2,1-5H3,(H,28,29,30);2H2,1H3;/q;-1;+1/t19?,21-,22-,23+,24-,25-,26-,27+;;/m0../s1. The molecule has 0 radical (unpaired) electrons. The van der Waals surface area contributed by atoms with Crippen LogP contribution >= 0.6 is 0 Å². The number of hydrogen-bond donors (Lipinski definition) is 1. The third-order valence-electron chi connectivity index (χ3n) is 10.5. The molecule has 4 aliphatic rings. The Balaban J connectivity index is 0.00000109. The first-order valence-electron chi connectivity index (χ1n) is 14.3. The average Bonchev–Trinajstić information content (AvgIpc) is 3.10. The summed E-state index contributed by atoms with van der Waals surface area (Å²) < 4.78 is 36.6. The fourth-order valence-electron chi connectivity index (χ4n) is 8.91. The molecule has 0 heterocycles. The Morgan fingerprint density at radius 3 is 2.36 bits per heavy atom. The molecule has 4 aliphatic carbocycles. The monoisotopic (exact) mass is 534 g/mol. The molecule has 0 spiro atoms. The second-order valence-corrected chi connectivity index (χ2v) is 14.0. The van der Waals surface area contributed by atoms with Gasteiger partial charge in [0.15, 0.2) is 0 Å². The zero-order valence-corrected chi connectivity index (χ0v) is 26.9. The van der Waals surface area contributed by atoms with Crippen LogP contribution < -0.4 is 34.7 Å². The summed E-state index contributed by atoms with van der Waals surface area (Å²) in [5.74, 6) is 4.83. The first-order chi connectivity index (χ1) is 16.4. The van der Waals surface area contributed by atoms with Crippen LogP contribution in [-0.2, 0) is 14.6 Å². The molecule has 36 heavy (non-hydrogen) atoms. The SMILES string of the molecule is CC(C)CCCC(C)[C@H]1CC[C@H]2[C@@H]3CC=C4C[C@@H](OS(=O)(=O)O)CC[C@]4(C)[C@H]3CC[C@]12C.CC[O-].[Na+]. The maximum absolute atomic E-state index is 11.2. The molecule has 0 bridgehead atoms. The van der Waals surface area contributed by atoms with E-state index < -0.39 is 16.5 Å². The summed E-state index contributed by atoms with van der Waals surface area (Å²) in [5.41, 5.74) is 2.05. The van der Waals surface area contributed by atoms with E-state index in [0.717, 1.165) is 42.4 Å². The maximum atomic E-state index is 11.2. The molecule has 1 N–H and O–H groups in total. The van der Waals surface area contributed by atoms with Crippen molar-refractivity contribution in [2.45, 2.75) is 118 Å². The van der Waals surface area contributed by atoms with Crippen LogP contribution in [0.25, 0.3) is 0 Å². The van der Waals surface area contributed by atoms with Crippen LogP contribution in [-0.4, -0.2) is 25.7 Å². The number of fused-ring (bicyclic) bond motifs is 5. The van der Waals surface area contributed by atoms with E-state index in [1.807, 2.05) is 0 Å². The van der Waals surface area contributed by atoms with E-state index in [1.54, 1.807) is 6.92 Å². The second kappa shape index (κ2) is 13.3. The van der Waals surface area contributed by atoms with Gasteiger partial charge in [-0.2, -0.15) is 8.42 Å². The Kier molecular flexibility index (Phi) is 12.1. The van der Waals surface area contributed by atoms with Crippen LogP contribution in [0.15, 0.2) is 11.6 Å². The summed E-state index contributed by atoms with van der Waals surface area (Å²) in [4.78, 5) is 0. The van der Waals surface area contributed by atoms with Gasteiger partial charge in [-0.05, 0) is 97.7 Å². The van der Waals surface area contributed by atoms with Crippen molar-refractivity contribution in [3.05, 3.63) is 11.6 Å². The molecular weight excluding hydrogens is 483 g/mol. The van der Waals surface area contributed by atoms with E-state index in [-0.39, 0.29) is 41.6 Å². The Labute approximate surface area is 243 Å². The number of allylic oxidation sites excluding steroid dienone is 1. The summed E-state index contributed by atoms with van der Waals surface area (Å²) >= 11 is 0. The zero-order chi connectivity index (χ0) is 26.0. The number of rotatable bonds is 7. The van der Waals surface area contributed by atoms with Crippen molar-refractivity contribution in [3.8, 4) is 0 Å². The van der Waals surface area contributed by atoms with E-state index in [9.17, 15) is 8.42 Å². The van der Waals surface area contributed by atoms with Crippen LogP contribution in [0.1, 0.15) is 112 Å². The molecule has 0 aromatic heterocycles. The minimum absolute atomic E-state index is 0. The molecule has 204 valence electrons. The normalized spacial score (nSPS) is 38.5. The van der Waals surface area contributed by atoms with Gasteiger partial charge in [0.2, 0.25) is 0 Å². The molecule has 0 saturated heterocycles. The average molecular weight is 535 g/mol. The van der Waals surface area contributed by atoms with E-state index in [4.69, 9.17) is 13.8 Å². The van der Waals surface area contributed by atoms with E-state index in [0.29, 0.717) is 24.2 Å². The summed E-state index contributed by atoms with van der Waals surface area (Å²) in [6, 6.07) is 0. The summed E-state index contributed by atoms with van der Waals surface area (Å²) in [6.45, 7) is 13.8. The van der Waals surface area contributed by atoms with Crippen LogP contribution in [0.3, 0.4) is 0 Å². The van der Waals surface area contributed by atoms with Gasteiger partial charge < -0.3 is 5.11 Å². The first-order valence-corrected chi connectivity index (χ1v) is 15.7. The van der Waals surface area contributed by atoms with Gasteiger partial charge in [0.1, 0.15) is 0 Å². The summed E-state index contributed by atoms with van der Waals surface area (Å²) in [6.07, 6.45) is 15.1. The van der Waals surface area contributed by atoms with Crippen molar-refractivity contribution in [1.82, 2.24) is 0 Å². The summed E-state index contributed by atoms with van der Waals surface area (Å²) in [7, 11) is -4.38. The van der Waals surface area contributed by atoms with E-state index >= 15 is 0 Å². The van der Waals surface area contributed by atoms with Gasteiger partial charge in [-0.25, -0.2) is 4.18 Å². The number of hydrogen-bond acceptors (Lipinski definition) is 4. The Morgan fingerprint density at radius 1 is 1.08 bits per heavy atom. The van der Waals surface area contributed by atoms with Crippen LogP contribution in [0.4, 0.5) is 0 Å². The zero-order valence-electron chi connectivity index (χ0n) is 24.1. The third-order valence-corrected chi connectivity index (χ3v) is 11.0. The van der Waals surface area contributed by atoms with Gasteiger partial charge in [0.05, 0.1) is 6.10 Å². The third kappa shape index (κ3) is 7.20. The molecule has 7 heteroatoms. The largest absolute Gasteiger partial charge is 1.00 e. The molecule has 4 rings (SSSR count). The minimum atomic E-state index is -4.38. The maximum Gasteiger partial charge on any atom is 1.00 e. The van der Waals surface area contributed by atoms with Gasteiger partial charge in [0, 0.05) is 0 Å². The Hall–Kier alpha value is 0.570. The summed E-state index contributed by atoms with van der Waals surface area (Å²) in [5, 5.41) is 8.93. The van der Waals surface area contributed by atoms with Crippen molar-refractivity contribution in [1.29, 1.82) is 0 Å². The minimum Gasteiger partial charge on any atom is -0.855 e. The molecule has 3 fully saturated rings. The van der Waals surface area contributed by atoms with Crippen molar-refractivity contribution in [2.75, 3.05) is 6.61 Å². The Bertz CT molecular complexity index is 843. The molecule has 8 atom stereocenters. The van der Waals surface area contributed by atoms with Gasteiger partial charge in [-0.3, -0.25) is 4.55 Å². The smallest absolute Gasteiger partial charge is 0.855 e. The van der Waals surface area contributed by atoms with Gasteiger partial charge in [-0.1, -0.05) is 72.5 Å². The Morgan fingerprint density at radius 2 is 1.75 bits per heavy atom. The van der Waals surface area contributed by atoms with Crippen LogP contribution in [0.5, 0.6) is 0 Å². The van der Waals surface area contributed by atoms with Crippen molar-refractivity contribution in [3.63, 3.8) is 0 Å². The van der Waals surface area contributed by atoms with Crippen molar-refractivity contribution < 1.29 is 51.8 Å². The fraction of sp³-hybridized carbons (Fsp3) is 0.931. The topological polar surface area (TPSA) is 86.7 Å². The van der Waals surface area contributed by atoms with Crippen molar-refractivity contribution in [2.24, 2.45) is 46.3 Å². The van der Waals surface area contributed by atoms with Gasteiger partial charge in [0.25, 0.3) is 0 Å². The molecule has 5 nitrogen and oxygen atoms in total. The van der Waals surface area contributed by atoms with Crippen LogP contribution in [0.2, 0.25) is 0 Å². The molecule has 1 unspecified atom stereocenters. The predicted molar refractivity (Wildman–Crippen MR) is 140 cm³/mol. The molecule has 0 amide bonds. The first kappa shape index (κ1) is 32.8. The van der Waals surface area contributed by atoms with Gasteiger partial charge in [-0.15, -0.1) is 6.61 Å². The molecule has 0 aliphatic heterocycles. The van der Waals surface area contributed by atoms with Crippen molar-refractivity contribution >= 4 is 10.4 Å². The molecule has 0 aromatic rings. The van der Waals surface area contributed by atoms with Crippen LogP contribution in [0, 0.1) is 46.3 Å². The quantitative estimate of drug-likeness (QED) is 0.307.